The Bertz CT molecular complexity index is 92.9. The van der Waals surface area contributed by atoms with Crippen molar-refractivity contribution < 1.29 is 9.05 Å². The van der Waals surface area contributed by atoms with Gasteiger partial charge in [0.2, 0.25) is 0 Å². The zero-order valence-corrected chi connectivity index (χ0v) is 9.81. The Kier molecular flexibility index (Phi) is 10.7. The molecule has 0 fully saturated rings. The highest BCUT2D eigenvalue weighted by molar-refractivity contribution is 7.47. The summed E-state index contributed by atoms with van der Waals surface area (Å²) in [5, 5.41) is 0. The summed E-state index contributed by atoms with van der Waals surface area (Å²) in [6.45, 7) is 9.38. The number of unbranched alkanes of at least 4 members (excludes halogenated alkanes) is 3. The maximum absolute atomic E-state index is 5.49. The van der Waals surface area contributed by atoms with Gasteiger partial charge in [-0.2, -0.15) is 0 Å². The Balaban J connectivity index is 3.33. The molecule has 0 unspecified atom stereocenters. The van der Waals surface area contributed by atoms with Gasteiger partial charge in [0, 0.05) is 6.16 Å². The molecule has 0 aliphatic rings. The van der Waals surface area contributed by atoms with Crippen LogP contribution in [0.1, 0.15) is 39.5 Å². The number of hydrogen-bond acceptors (Lipinski definition) is 2. The molecule has 0 spiro atoms. The first-order chi connectivity index (χ1) is 6.35. The molecular formula is C10H22O2P. The highest BCUT2D eigenvalue weighted by Crippen LogP contribution is 2.38. The van der Waals surface area contributed by atoms with Gasteiger partial charge in [0.1, 0.15) is 0 Å². The maximum Gasteiger partial charge on any atom is 0.170 e. The quantitative estimate of drug-likeness (QED) is 0.421. The predicted octanol–water partition coefficient (Wildman–Crippen LogP) is 3.77. The smallest absolute Gasteiger partial charge is 0.170 e. The molecule has 0 aliphatic heterocycles. The van der Waals surface area contributed by atoms with Gasteiger partial charge < -0.3 is 9.05 Å². The van der Waals surface area contributed by atoms with Crippen molar-refractivity contribution in [3.63, 3.8) is 0 Å². The Morgan fingerprint density at radius 2 is 1.62 bits per heavy atom. The van der Waals surface area contributed by atoms with Crippen LogP contribution in [0.15, 0.2) is 0 Å². The fraction of sp³-hybridized carbons (Fsp3) is 0.900. The summed E-state index contributed by atoms with van der Waals surface area (Å²) in [4.78, 5) is 0. The van der Waals surface area contributed by atoms with Crippen LogP contribution in [-0.2, 0) is 9.05 Å². The van der Waals surface area contributed by atoms with Gasteiger partial charge in [-0.25, -0.2) is 0 Å². The first-order valence-corrected chi connectivity index (χ1v) is 6.54. The molecule has 3 heteroatoms. The van der Waals surface area contributed by atoms with Gasteiger partial charge in [0.15, 0.2) is 8.38 Å². The first kappa shape index (κ1) is 13.4. The van der Waals surface area contributed by atoms with E-state index in [9.17, 15) is 0 Å². The summed E-state index contributed by atoms with van der Waals surface area (Å²) in [5.41, 5.74) is 0. The van der Waals surface area contributed by atoms with Crippen LogP contribution in [0.4, 0.5) is 0 Å². The van der Waals surface area contributed by atoms with E-state index in [0.29, 0.717) is 0 Å². The van der Waals surface area contributed by atoms with Gasteiger partial charge >= 0.3 is 0 Å². The van der Waals surface area contributed by atoms with Gasteiger partial charge in [-0.05, 0) is 20.3 Å². The minimum absolute atomic E-state index is 0.598. The minimum atomic E-state index is -0.598. The van der Waals surface area contributed by atoms with Crippen LogP contribution in [0.2, 0.25) is 0 Å². The SMILES string of the molecule is [CH2]CCCCCP(OCC)OCC. The summed E-state index contributed by atoms with van der Waals surface area (Å²) in [7, 11) is -0.598. The van der Waals surface area contributed by atoms with E-state index in [0.717, 1.165) is 25.8 Å². The summed E-state index contributed by atoms with van der Waals surface area (Å²) >= 11 is 0. The van der Waals surface area contributed by atoms with Crippen molar-refractivity contribution in [3.05, 3.63) is 6.92 Å². The molecule has 13 heavy (non-hydrogen) atoms. The highest BCUT2D eigenvalue weighted by atomic mass is 31.2. The van der Waals surface area contributed by atoms with E-state index < -0.39 is 8.38 Å². The molecule has 1 radical (unpaired) electrons. The lowest BCUT2D eigenvalue weighted by Gasteiger charge is -2.14. The van der Waals surface area contributed by atoms with Gasteiger partial charge in [-0.1, -0.05) is 26.2 Å². The zero-order chi connectivity index (χ0) is 9.94. The molecule has 2 nitrogen and oxygen atoms in total. The molecule has 0 N–H and O–H groups in total. The predicted molar refractivity (Wildman–Crippen MR) is 58.9 cm³/mol. The monoisotopic (exact) mass is 205 g/mol. The molecule has 0 rings (SSSR count). The molecule has 0 aromatic heterocycles. The molecule has 0 heterocycles. The number of hydrogen-bond donors (Lipinski definition) is 0. The van der Waals surface area contributed by atoms with E-state index >= 15 is 0 Å². The average molecular weight is 205 g/mol. The fourth-order valence-electron chi connectivity index (χ4n) is 1.05. The van der Waals surface area contributed by atoms with Crippen molar-refractivity contribution in [3.8, 4) is 0 Å². The number of rotatable bonds is 9. The summed E-state index contributed by atoms with van der Waals surface area (Å²) < 4.78 is 11.0. The average Bonchev–Trinajstić information content (AvgIpc) is 2.13. The minimum Gasteiger partial charge on any atom is -0.334 e. The third-order valence-corrected chi connectivity index (χ3v) is 3.41. The molecule has 0 bridgehead atoms. The second-order valence-corrected chi connectivity index (χ2v) is 4.44. The Hall–Kier alpha value is 0.350. The van der Waals surface area contributed by atoms with Crippen molar-refractivity contribution in [1.82, 2.24) is 0 Å². The van der Waals surface area contributed by atoms with Crippen molar-refractivity contribution in [2.75, 3.05) is 19.4 Å². The van der Waals surface area contributed by atoms with Gasteiger partial charge in [-0.3, -0.25) is 0 Å². The molecule has 0 aromatic carbocycles. The lowest BCUT2D eigenvalue weighted by molar-refractivity contribution is 0.268. The van der Waals surface area contributed by atoms with E-state index in [1.54, 1.807) is 0 Å². The Morgan fingerprint density at radius 3 is 2.08 bits per heavy atom. The Labute approximate surface area is 83.9 Å². The fourth-order valence-corrected chi connectivity index (χ4v) is 2.44. The largest absolute Gasteiger partial charge is 0.334 e. The lowest BCUT2D eigenvalue weighted by atomic mass is 10.2. The molecule has 0 atom stereocenters. The molecule has 0 aliphatic carbocycles. The third kappa shape index (κ3) is 8.67. The summed E-state index contributed by atoms with van der Waals surface area (Å²) in [6, 6.07) is 0. The molecule has 0 saturated carbocycles. The standard InChI is InChI=1S/C10H22O2P/c1-4-7-8-9-10-13(11-5-2)12-6-3/h1,4-10H2,2-3H3. The first-order valence-electron chi connectivity index (χ1n) is 5.17. The summed E-state index contributed by atoms with van der Waals surface area (Å²) in [5.74, 6) is 0. The van der Waals surface area contributed by atoms with E-state index in [2.05, 4.69) is 6.92 Å². The van der Waals surface area contributed by atoms with Crippen molar-refractivity contribution in [2.45, 2.75) is 39.5 Å². The van der Waals surface area contributed by atoms with Crippen molar-refractivity contribution in [2.24, 2.45) is 0 Å². The third-order valence-electron chi connectivity index (χ3n) is 1.64. The van der Waals surface area contributed by atoms with Gasteiger partial charge in [0.25, 0.3) is 0 Å². The van der Waals surface area contributed by atoms with Crippen molar-refractivity contribution in [1.29, 1.82) is 0 Å². The molecular weight excluding hydrogens is 183 g/mol. The van der Waals surface area contributed by atoms with E-state index in [1.165, 1.54) is 19.3 Å². The molecule has 79 valence electrons. The van der Waals surface area contributed by atoms with E-state index in [4.69, 9.17) is 9.05 Å². The second kappa shape index (κ2) is 10.4. The van der Waals surface area contributed by atoms with Gasteiger partial charge in [-0.15, -0.1) is 0 Å². The normalized spacial score (nSPS) is 11.1. The van der Waals surface area contributed by atoms with Gasteiger partial charge in [0.05, 0.1) is 13.2 Å². The lowest BCUT2D eigenvalue weighted by Crippen LogP contribution is -1.95. The molecule has 0 aromatic rings. The topological polar surface area (TPSA) is 18.5 Å². The summed E-state index contributed by atoms with van der Waals surface area (Å²) in [6.07, 6.45) is 5.81. The van der Waals surface area contributed by atoms with Crippen LogP contribution in [0.5, 0.6) is 0 Å². The molecule has 0 saturated heterocycles. The Morgan fingerprint density at radius 1 is 1.00 bits per heavy atom. The molecule has 0 amide bonds. The van der Waals surface area contributed by atoms with Crippen molar-refractivity contribution >= 4 is 8.38 Å². The second-order valence-electron chi connectivity index (χ2n) is 2.81. The zero-order valence-electron chi connectivity index (χ0n) is 8.92. The van der Waals surface area contributed by atoms with Crippen LogP contribution >= 0.6 is 8.38 Å². The van der Waals surface area contributed by atoms with Crippen LogP contribution < -0.4 is 0 Å². The van der Waals surface area contributed by atoms with E-state index in [1.807, 2.05) is 13.8 Å². The van der Waals surface area contributed by atoms with Crippen LogP contribution in [-0.4, -0.2) is 19.4 Å². The highest BCUT2D eigenvalue weighted by Gasteiger charge is 2.07. The maximum atomic E-state index is 5.49. The van der Waals surface area contributed by atoms with E-state index in [-0.39, 0.29) is 0 Å². The van der Waals surface area contributed by atoms with Crippen LogP contribution in [0.25, 0.3) is 0 Å². The van der Waals surface area contributed by atoms with Crippen LogP contribution in [0, 0.1) is 6.92 Å². The van der Waals surface area contributed by atoms with Crippen LogP contribution in [0.3, 0.4) is 0 Å².